The molecule has 13 heavy (non-hydrogen) atoms. The van der Waals surface area contributed by atoms with Crippen molar-refractivity contribution in [1.29, 1.82) is 0 Å². The van der Waals surface area contributed by atoms with Gasteiger partial charge in [-0.2, -0.15) is 5.48 Å². The maximum Gasteiger partial charge on any atom is 0.236 e. The smallest absolute Gasteiger partial charge is 0.236 e. The third-order valence-electron chi connectivity index (χ3n) is 1.18. The van der Waals surface area contributed by atoms with Crippen LogP contribution in [0.1, 0.15) is 34.1 Å². The summed E-state index contributed by atoms with van der Waals surface area (Å²) in [5, 5.41) is 2.74. The van der Waals surface area contributed by atoms with Crippen LogP contribution >= 0.6 is 0 Å². The first-order valence-electron chi connectivity index (χ1n) is 4.63. The van der Waals surface area contributed by atoms with Crippen molar-refractivity contribution in [1.82, 2.24) is 10.8 Å². The van der Waals surface area contributed by atoms with Crippen molar-refractivity contribution in [2.24, 2.45) is 0 Å². The first kappa shape index (κ1) is 12.4. The normalized spacial score (nSPS) is 11.4. The molecule has 4 nitrogen and oxygen atoms in total. The summed E-state index contributed by atoms with van der Waals surface area (Å²) in [5.74, 6) is -0.0360. The molecule has 0 unspecified atom stereocenters. The van der Waals surface area contributed by atoms with Crippen LogP contribution in [0.2, 0.25) is 0 Å². The SMILES string of the molecule is CCCNC(=O)CNOC(C)(C)C. The number of amides is 1. The van der Waals surface area contributed by atoms with Crippen molar-refractivity contribution >= 4 is 5.91 Å². The van der Waals surface area contributed by atoms with Gasteiger partial charge in [0.2, 0.25) is 5.91 Å². The van der Waals surface area contributed by atoms with Gasteiger partial charge < -0.3 is 5.32 Å². The van der Waals surface area contributed by atoms with Crippen LogP contribution in [0.4, 0.5) is 0 Å². The molecule has 78 valence electrons. The maximum absolute atomic E-state index is 11.0. The first-order chi connectivity index (χ1) is 5.95. The van der Waals surface area contributed by atoms with E-state index in [9.17, 15) is 4.79 Å². The van der Waals surface area contributed by atoms with Crippen LogP contribution in [0.15, 0.2) is 0 Å². The highest BCUT2D eigenvalue weighted by molar-refractivity contribution is 5.77. The van der Waals surface area contributed by atoms with Gasteiger partial charge in [-0.25, -0.2) is 0 Å². The van der Waals surface area contributed by atoms with Gasteiger partial charge in [0.05, 0.1) is 12.1 Å². The summed E-state index contributed by atoms with van der Waals surface area (Å²) in [7, 11) is 0. The molecule has 0 bridgehead atoms. The Labute approximate surface area is 80.0 Å². The van der Waals surface area contributed by atoms with Crippen molar-refractivity contribution in [3.63, 3.8) is 0 Å². The van der Waals surface area contributed by atoms with Crippen molar-refractivity contribution in [3.8, 4) is 0 Å². The van der Waals surface area contributed by atoms with E-state index in [1.54, 1.807) is 0 Å². The number of hydroxylamine groups is 1. The van der Waals surface area contributed by atoms with Crippen LogP contribution < -0.4 is 10.8 Å². The lowest BCUT2D eigenvalue weighted by molar-refractivity contribution is -0.127. The maximum atomic E-state index is 11.0. The number of carbonyl (C=O) groups excluding carboxylic acids is 1. The van der Waals surface area contributed by atoms with Gasteiger partial charge in [0.25, 0.3) is 0 Å². The Morgan fingerprint density at radius 2 is 2.00 bits per heavy atom. The second-order valence-corrected chi connectivity index (χ2v) is 3.89. The number of nitrogens with one attached hydrogen (secondary N) is 2. The second-order valence-electron chi connectivity index (χ2n) is 3.89. The summed E-state index contributed by atoms with van der Waals surface area (Å²) >= 11 is 0. The van der Waals surface area contributed by atoms with Crippen LogP contribution in [-0.4, -0.2) is 24.6 Å². The van der Waals surface area contributed by atoms with E-state index in [2.05, 4.69) is 10.8 Å². The zero-order valence-corrected chi connectivity index (χ0v) is 8.94. The van der Waals surface area contributed by atoms with Crippen molar-refractivity contribution < 1.29 is 9.63 Å². The Bertz CT molecular complexity index is 152. The molecule has 0 fully saturated rings. The molecule has 0 saturated heterocycles. The van der Waals surface area contributed by atoms with E-state index in [4.69, 9.17) is 4.84 Å². The average molecular weight is 188 g/mol. The molecule has 0 saturated carbocycles. The van der Waals surface area contributed by atoms with E-state index >= 15 is 0 Å². The summed E-state index contributed by atoms with van der Waals surface area (Å²) in [6.07, 6.45) is 0.950. The molecule has 0 aliphatic carbocycles. The minimum atomic E-state index is -0.259. The lowest BCUT2D eigenvalue weighted by Gasteiger charge is -2.18. The minimum absolute atomic E-state index is 0.0360. The van der Waals surface area contributed by atoms with Gasteiger partial charge in [-0.3, -0.25) is 9.63 Å². The van der Waals surface area contributed by atoms with Crippen molar-refractivity contribution in [2.75, 3.05) is 13.1 Å². The number of hydrogen-bond acceptors (Lipinski definition) is 3. The van der Waals surface area contributed by atoms with Crippen LogP contribution in [0, 0.1) is 0 Å². The van der Waals surface area contributed by atoms with Gasteiger partial charge in [0.15, 0.2) is 0 Å². The van der Waals surface area contributed by atoms with Crippen molar-refractivity contribution in [2.45, 2.75) is 39.7 Å². The lowest BCUT2D eigenvalue weighted by atomic mass is 10.2. The molecule has 0 radical (unpaired) electrons. The first-order valence-corrected chi connectivity index (χ1v) is 4.63. The monoisotopic (exact) mass is 188 g/mol. The zero-order valence-electron chi connectivity index (χ0n) is 8.94. The molecule has 0 aliphatic heterocycles. The fourth-order valence-electron chi connectivity index (χ4n) is 0.645. The van der Waals surface area contributed by atoms with Gasteiger partial charge in [-0.05, 0) is 27.2 Å². The van der Waals surface area contributed by atoms with Gasteiger partial charge in [0.1, 0.15) is 0 Å². The summed E-state index contributed by atoms with van der Waals surface area (Å²) in [4.78, 5) is 16.2. The number of carbonyl (C=O) groups is 1. The Morgan fingerprint density at radius 1 is 1.38 bits per heavy atom. The molecular weight excluding hydrogens is 168 g/mol. The fourth-order valence-corrected chi connectivity index (χ4v) is 0.645. The summed E-state index contributed by atoms with van der Waals surface area (Å²) in [6, 6.07) is 0. The molecular formula is C9H20N2O2. The van der Waals surface area contributed by atoms with E-state index in [0.717, 1.165) is 13.0 Å². The van der Waals surface area contributed by atoms with E-state index in [1.165, 1.54) is 0 Å². The summed E-state index contributed by atoms with van der Waals surface area (Å²) in [6.45, 7) is 8.70. The quantitative estimate of drug-likeness (QED) is 0.628. The van der Waals surface area contributed by atoms with E-state index in [-0.39, 0.29) is 18.1 Å². The van der Waals surface area contributed by atoms with Crippen LogP contribution in [0.3, 0.4) is 0 Å². The Balaban J connectivity index is 3.37. The molecule has 1 amide bonds. The van der Waals surface area contributed by atoms with Gasteiger partial charge >= 0.3 is 0 Å². The Morgan fingerprint density at radius 3 is 2.46 bits per heavy atom. The van der Waals surface area contributed by atoms with Gasteiger partial charge in [0, 0.05) is 6.54 Å². The van der Waals surface area contributed by atoms with Crippen LogP contribution in [-0.2, 0) is 9.63 Å². The summed E-state index contributed by atoms with van der Waals surface area (Å²) < 4.78 is 0. The summed E-state index contributed by atoms with van der Waals surface area (Å²) in [5.41, 5.74) is 2.36. The minimum Gasteiger partial charge on any atom is -0.355 e. The molecule has 0 aliphatic rings. The third-order valence-corrected chi connectivity index (χ3v) is 1.18. The van der Waals surface area contributed by atoms with E-state index in [0.29, 0.717) is 0 Å². The number of rotatable bonds is 5. The zero-order chi connectivity index (χ0) is 10.3. The third kappa shape index (κ3) is 9.30. The highest BCUT2D eigenvalue weighted by Crippen LogP contribution is 2.02. The molecule has 0 rings (SSSR count). The second kappa shape index (κ2) is 5.94. The molecule has 0 heterocycles. The molecule has 0 aromatic heterocycles. The highest BCUT2D eigenvalue weighted by Gasteiger charge is 2.10. The van der Waals surface area contributed by atoms with Crippen LogP contribution in [0.25, 0.3) is 0 Å². The molecule has 0 atom stereocenters. The predicted molar refractivity (Wildman–Crippen MR) is 52.1 cm³/mol. The van der Waals surface area contributed by atoms with E-state index in [1.807, 2.05) is 27.7 Å². The number of hydrogen-bond donors (Lipinski definition) is 2. The highest BCUT2D eigenvalue weighted by atomic mass is 16.7. The lowest BCUT2D eigenvalue weighted by Crippen LogP contribution is -2.38. The predicted octanol–water partition coefficient (Wildman–Crippen LogP) is 0.832. The van der Waals surface area contributed by atoms with Crippen LogP contribution in [0.5, 0.6) is 0 Å². The molecule has 4 heteroatoms. The topological polar surface area (TPSA) is 50.4 Å². The molecule has 2 N–H and O–H groups in total. The standard InChI is InChI=1S/C9H20N2O2/c1-5-6-10-8(12)7-11-13-9(2,3)4/h11H,5-7H2,1-4H3,(H,10,12). The largest absolute Gasteiger partial charge is 0.355 e. The average Bonchev–Trinajstić information content (AvgIpc) is 1.98. The van der Waals surface area contributed by atoms with E-state index < -0.39 is 0 Å². The fraction of sp³-hybridized carbons (Fsp3) is 0.889. The molecule has 0 aromatic rings. The molecule has 0 aromatic carbocycles. The van der Waals surface area contributed by atoms with Gasteiger partial charge in [-0.1, -0.05) is 6.92 Å². The molecule has 0 spiro atoms. The Hall–Kier alpha value is -0.610. The Kier molecular flexibility index (Phi) is 5.66. The van der Waals surface area contributed by atoms with Crippen molar-refractivity contribution in [3.05, 3.63) is 0 Å². The van der Waals surface area contributed by atoms with Gasteiger partial charge in [-0.15, -0.1) is 0 Å².